The minimum Gasteiger partial charge on any atom is -0.411 e. The van der Waals surface area contributed by atoms with Gasteiger partial charge < -0.3 is 99.3 Å². The Labute approximate surface area is 489 Å². The molecule has 0 aromatic carbocycles. The number of ether oxygens (including phenoxy) is 4. The zero-order chi connectivity index (χ0) is 62.2. The lowest BCUT2D eigenvalue weighted by Crippen LogP contribution is -2.55. The Morgan fingerprint density at radius 2 is 0.807 bits per heavy atom. The lowest BCUT2D eigenvalue weighted by atomic mass is 10.1. The van der Waals surface area contributed by atoms with E-state index >= 15 is 0 Å². The molecule has 0 unspecified atom stereocenters. The fourth-order valence-electron chi connectivity index (χ4n) is 7.62. The third kappa shape index (κ3) is 45.0. The third-order valence-corrected chi connectivity index (χ3v) is 12.4. The molecule has 3 atom stereocenters. The highest BCUT2D eigenvalue weighted by atomic mass is 16.5. The molecule has 0 bridgehead atoms. The number of oxime groups is 2. The number of hydrogen-bond donors (Lipinski definition) is 15. The van der Waals surface area contributed by atoms with Crippen molar-refractivity contribution in [2.75, 3.05) is 113 Å². The second kappa shape index (κ2) is 48.2. The summed E-state index contributed by atoms with van der Waals surface area (Å²) in [6.07, 6.45) is 8.33. The Morgan fingerprint density at radius 3 is 1.23 bits per heavy atom. The van der Waals surface area contributed by atoms with Crippen molar-refractivity contribution < 1.29 is 72.5 Å². The summed E-state index contributed by atoms with van der Waals surface area (Å²) in [5, 5.41) is 55.9. The van der Waals surface area contributed by atoms with E-state index in [4.69, 9.17) is 40.8 Å². The maximum absolute atomic E-state index is 13.3. The van der Waals surface area contributed by atoms with Crippen molar-refractivity contribution in [3.63, 3.8) is 0 Å². The molecule has 0 rings (SSSR count). The zero-order valence-corrected chi connectivity index (χ0v) is 49.9. The van der Waals surface area contributed by atoms with Gasteiger partial charge in [-0.1, -0.05) is 0 Å². The molecular formula is C53H101N15O15. The number of unbranched alkanes of at least 4 members (excludes halogenated alkanes) is 3. The molecular weight excluding hydrogens is 1090 g/mol. The number of nitrogens with zero attached hydrogens (tertiary/aromatic N) is 2. The number of rotatable bonds is 54. The van der Waals surface area contributed by atoms with Crippen molar-refractivity contribution in [1.82, 2.24) is 58.5 Å². The largest absolute Gasteiger partial charge is 0.411 e. The van der Waals surface area contributed by atoms with Gasteiger partial charge in [-0.25, -0.2) is 0 Å². The number of primary amides is 2. The first kappa shape index (κ1) is 76.9. The van der Waals surface area contributed by atoms with Crippen LogP contribution in [0.15, 0.2) is 10.3 Å². The van der Waals surface area contributed by atoms with E-state index in [-0.39, 0.29) is 153 Å². The molecule has 30 heteroatoms. The number of nitrogens with one attached hydrogen (secondary N) is 11. The zero-order valence-electron chi connectivity index (χ0n) is 49.9. The normalized spacial score (nSPS) is 12.9. The predicted octanol–water partition coefficient (Wildman–Crippen LogP) is -2.74. The highest BCUT2D eigenvalue weighted by molar-refractivity contribution is 5.88. The molecule has 0 fully saturated rings. The molecule has 0 saturated heterocycles. The molecule has 0 aromatic rings. The van der Waals surface area contributed by atoms with E-state index in [2.05, 4.69) is 68.8 Å². The van der Waals surface area contributed by atoms with Gasteiger partial charge >= 0.3 is 0 Å². The van der Waals surface area contributed by atoms with E-state index in [0.717, 1.165) is 6.42 Å². The average Bonchev–Trinajstić information content (AvgIpc) is 3.43. The Kier molecular flexibility index (Phi) is 44.7. The number of amides is 9. The molecule has 0 aromatic heterocycles. The molecule has 0 heterocycles. The Balaban J connectivity index is 4.52. The number of carbonyl (C=O) groups excluding carboxylic acids is 9. The smallest absolute Gasteiger partial charge is 0.246 e. The summed E-state index contributed by atoms with van der Waals surface area (Å²) in [6, 6.07) is -2.20. The number of nitrogens with two attached hydrogens (primary N) is 2. The molecule has 83 heavy (non-hydrogen) atoms. The summed E-state index contributed by atoms with van der Waals surface area (Å²) in [7, 11) is 3.31. The predicted molar refractivity (Wildman–Crippen MR) is 310 cm³/mol. The lowest BCUT2D eigenvalue weighted by molar-refractivity contribution is -0.129. The Hall–Kier alpha value is -6.15. The molecule has 478 valence electrons. The summed E-state index contributed by atoms with van der Waals surface area (Å²) in [6.45, 7) is 10.3. The fraction of sp³-hybridized carbons (Fsp3) is 0.792. The van der Waals surface area contributed by atoms with Gasteiger partial charge in [0, 0.05) is 71.5 Å². The second-order valence-corrected chi connectivity index (χ2v) is 20.8. The van der Waals surface area contributed by atoms with Gasteiger partial charge in [0.15, 0.2) is 0 Å². The molecule has 17 N–H and O–H groups in total. The van der Waals surface area contributed by atoms with Crippen LogP contribution in [-0.2, 0) is 62.1 Å². The van der Waals surface area contributed by atoms with Crippen LogP contribution < -0.4 is 70.0 Å². The molecule has 0 aliphatic carbocycles. The molecule has 0 saturated carbocycles. The van der Waals surface area contributed by atoms with Gasteiger partial charge in [-0.05, 0) is 112 Å². The minimum atomic E-state index is -0.887. The van der Waals surface area contributed by atoms with Gasteiger partial charge in [-0.2, -0.15) is 0 Å². The van der Waals surface area contributed by atoms with Crippen LogP contribution in [0.4, 0.5) is 0 Å². The van der Waals surface area contributed by atoms with E-state index < -0.39 is 52.8 Å². The lowest BCUT2D eigenvalue weighted by Gasteiger charge is -2.29. The van der Waals surface area contributed by atoms with Crippen LogP contribution in [0.2, 0.25) is 0 Å². The van der Waals surface area contributed by atoms with Crippen LogP contribution in [0.5, 0.6) is 0 Å². The third-order valence-electron chi connectivity index (χ3n) is 12.4. The SMILES string of the molecule is CN[C@@H](CCCCNC(=O)COCCOCCNC(=O)COCCOCCNC(=O)CCCC(=O)NCCCC[C@H](NC(=O)CCCC(=O)NC(CNC(C)(C)/C=N/O)CNC(C)(C)/C=N/O)C(=O)NCCCC[C@H](NC)C(N)=O)C(N)=O. The van der Waals surface area contributed by atoms with E-state index in [0.29, 0.717) is 71.0 Å². The average molecular weight is 1190 g/mol. The molecule has 0 radical (unpaired) electrons. The highest BCUT2D eigenvalue weighted by Crippen LogP contribution is 2.07. The summed E-state index contributed by atoms with van der Waals surface area (Å²) in [5.41, 5.74) is 9.31. The number of hydrogen-bond acceptors (Lipinski definition) is 21. The standard InChI is InChI=1S/C53H101N15O15/c1-52(2,37-65-78)63-33-39(34-64-53(3,4)38-66-79)67-45(71)20-14-21-46(72)68-42(51(77)62-24-12-8-16-41(57-6)50(55)76)17-9-11-22-58-43(69)18-13-19-44(70)60-25-27-80-29-32-83-36-48(74)61-26-28-81-30-31-82-35-47(73)59-23-10-7-15-40(56-5)49(54)75/h37-42,56-57,63-64,78-79H,7-36H2,1-6H3,(H2,54,75)(H2,55,76)(H,58,69)(H,59,73)(H,60,70)(H,61,74)(H,62,77)(H,67,71)(H,68,72)/b65-37+,66-38+/t40-,41-,42-/m0/s1. The summed E-state index contributed by atoms with van der Waals surface area (Å²) in [5.74, 6) is -3.07. The molecule has 0 aliphatic heterocycles. The van der Waals surface area contributed by atoms with Crippen molar-refractivity contribution in [2.45, 2.75) is 159 Å². The summed E-state index contributed by atoms with van der Waals surface area (Å²) in [4.78, 5) is 111. The van der Waals surface area contributed by atoms with E-state index in [9.17, 15) is 43.2 Å². The molecule has 0 aliphatic rings. The summed E-state index contributed by atoms with van der Waals surface area (Å²) >= 11 is 0. The van der Waals surface area contributed by atoms with Crippen molar-refractivity contribution in [3.05, 3.63) is 0 Å². The molecule has 30 nitrogen and oxygen atoms in total. The maximum atomic E-state index is 13.3. The van der Waals surface area contributed by atoms with Gasteiger partial charge in [-0.3, -0.25) is 43.2 Å². The quantitative estimate of drug-likeness (QED) is 0.0127. The number of carbonyl (C=O) groups is 9. The van der Waals surface area contributed by atoms with Gasteiger partial charge in [0.1, 0.15) is 19.3 Å². The van der Waals surface area contributed by atoms with E-state index in [1.54, 1.807) is 41.8 Å². The van der Waals surface area contributed by atoms with Gasteiger partial charge in [-0.15, -0.1) is 10.3 Å². The minimum absolute atomic E-state index is 0.0148. The maximum Gasteiger partial charge on any atom is 0.246 e. The van der Waals surface area contributed by atoms with Crippen LogP contribution >= 0.6 is 0 Å². The molecule has 9 amide bonds. The van der Waals surface area contributed by atoms with Crippen LogP contribution in [0.25, 0.3) is 0 Å². The monoisotopic (exact) mass is 1190 g/mol. The first-order valence-corrected chi connectivity index (χ1v) is 28.6. The van der Waals surface area contributed by atoms with Gasteiger partial charge in [0.25, 0.3) is 0 Å². The van der Waals surface area contributed by atoms with Crippen molar-refractivity contribution in [2.24, 2.45) is 21.8 Å². The van der Waals surface area contributed by atoms with E-state index in [1.165, 1.54) is 12.4 Å². The van der Waals surface area contributed by atoms with Crippen LogP contribution in [0.1, 0.15) is 124 Å². The summed E-state index contributed by atoms with van der Waals surface area (Å²) < 4.78 is 21.4. The van der Waals surface area contributed by atoms with Gasteiger partial charge in [0.05, 0.1) is 81.3 Å². The first-order chi connectivity index (χ1) is 39.6. The van der Waals surface area contributed by atoms with Crippen LogP contribution in [0.3, 0.4) is 0 Å². The fourth-order valence-corrected chi connectivity index (χ4v) is 7.62. The van der Waals surface area contributed by atoms with Crippen LogP contribution in [-0.4, -0.2) is 224 Å². The number of likely N-dealkylation sites (N-methyl/N-ethyl adjacent to an activating group) is 2. The topological polar surface area (TPSA) is 440 Å². The first-order valence-electron chi connectivity index (χ1n) is 28.6. The van der Waals surface area contributed by atoms with Crippen LogP contribution in [0, 0.1) is 0 Å². The highest BCUT2D eigenvalue weighted by Gasteiger charge is 2.24. The van der Waals surface area contributed by atoms with Crippen molar-refractivity contribution >= 4 is 65.6 Å². The van der Waals surface area contributed by atoms with Gasteiger partial charge in [0.2, 0.25) is 53.2 Å². The second-order valence-electron chi connectivity index (χ2n) is 20.8. The van der Waals surface area contributed by atoms with Crippen molar-refractivity contribution in [1.29, 1.82) is 0 Å². The Morgan fingerprint density at radius 1 is 0.446 bits per heavy atom. The Bertz CT molecular complexity index is 1910. The molecule has 0 spiro atoms. The van der Waals surface area contributed by atoms with E-state index in [1.807, 2.05) is 0 Å². The van der Waals surface area contributed by atoms with Crippen molar-refractivity contribution in [3.8, 4) is 0 Å².